The quantitative estimate of drug-likeness (QED) is 0.721. The van der Waals surface area contributed by atoms with E-state index in [1.54, 1.807) is 13.0 Å². The minimum Gasteiger partial charge on any atom is -0.494 e. The van der Waals surface area contributed by atoms with Gasteiger partial charge in [0.2, 0.25) is 0 Å². The lowest BCUT2D eigenvalue weighted by molar-refractivity contribution is 0.220. The molecule has 0 aliphatic rings. The van der Waals surface area contributed by atoms with E-state index in [1.165, 1.54) is 0 Å². The molecule has 1 rings (SSSR count). The molecule has 0 radical (unpaired) electrons. The minimum atomic E-state index is -0.300. The number of carbonyl (C=O) groups excluding carboxylic acids is 1. The zero-order valence-corrected chi connectivity index (χ0v) is 12.5. The van der Waals surface area contributed by atoms with Crippen LogP contribution in [0.4, 0.5) is 4.79 Å². The molecule has 0 fully saturated rings. The molecule has 0 aliphatic heterocycles. The van der Waals surface area contributed by atoms with Crippen LogP contribution < -0.4 is 15.4 Å². The maximum atomic E-state index is 11.5. The van der Waals surface area contributed by atoms with Crippen molar-refractivity contribution < 1.29 is 14.6 Å². The number of rotatable bonds is 7. The first-order valence-corrected chi connectivity index (χ1v) is 7.01. The van der Waals surface area contributed by atoms with Crippen LogP contribution in [0.5, 0.6) is 5.75 Å². The molecule has 0 saturated carbocycles. The Morgan fingerprint density at radius 3 is 2.90 bits per heavy atom. The SMILES string of the molecule is CCOc1ccc(Cl)cc1CCNC(=O)N[C@@H](C)CO. The summed E-state index contributed by atoms with van der Waals surface area (Å²) in [7, 11) is 0. The van der Waals surface area contributed by atoms with Gasteiger partial charge in [-0.15, -0.1) is 0 Å². The largest absolute Gasteiger partial charge is 0.494 e. The molecule has 0 spiro atoms. The first kappa shape index (κ1) is 16.6. The van der Waals surface area contributed by atoms with Gasteiger partial charge in [-0.25, -0.2) is 4.79 Å². The number of halogens is 1. The fourth-order valence-corrected chi connectivity index (χ4v) is 1.87. The number of amides is 2. The summed E-state index contributed by atoms with van der Waals surface area (Å²) in [6.07, 6.45) is 0.622. The number of aliphatic hydroxyl groups is 1. The molecule has 0 bridgehead atoms. The van der Waals surface area contributed by atoms with Gasteiger partial charge >= 0.3 is 6.03 Å². The minimum absolute atomic E-state index is 0.0871. The third-order valence-electron chi connectivity index (χ3n) is 2.65. The smallest absolute Gasteiger partial charge is 0.315 e. The second kappa shape index (κ2) is 8.66. The summed E-state index contributed by atoms with van der Waals surface area (Å²) in [5.74, 6) is 0.780. The van der Waals surface area contributed by atoms with Gasteiger partial charge in [-0.3, -0.25) is 0 Å². The molecule has 1 aromatic carbocycles. The van der Waals surface area contributed by atoms with Crippen LogP contribution in [0.1, 0.15) is 19.4 Å². The van der Waals surface area contributed by atoms with Crippen molar-refractivity contribution in [3.05, 3.63) is 28.8 Å². The van der Waals surface area contributed by atoms with E-state index in [0.717, 1.165) is 11.3 Å². The monoisotopic (exact) mass is 300 g/mol. The van der Waals surface area contributed by atoms with E-state index in [4.69, 9.17) is 21.4 Å². The number of ether oxygens (including phenoxy) is 1. The Morgan fingerprint density at radius 1 is 1.50 bits per heavy atom. The zero-order chi connectivity index (χ0) is 15.0. The molecule has 0 aromatic heterocycles. The van der Waals surface area contributed by atoms with E-state index in [0.29, 0.717) is 24.6 Å². The summed E-state index contributed by atoms with van der Waals surface area (Å²) in [4.78, 5) is 11.5. The maximum absolute atomic E-state index is 11.5. The molecule has 6 heteroatoms. The van der Waals surface area contributed by atoms with Gasteiger partial charge in [0.25, 0.3) is 0 Å². The number of hydrogen-bond acceptors (Lipinski definition) is 3. The van der Waals surface area contributed by atoms with Crippen LogP contribution in [0.25, 0.3) is 0 Å². The molecule has 5 nitrogen and oxygen atoms in total. The fourth-order valence-electron chi connectivity index (χ4n) is 1.67. The second-order valence-corrected chi connectivity index (χ2v) is 4.86. The van der Waals surface area contributed by atoms with E-state index < -0.39 is 0 Å². The topological polar surface area (TPSA) is 70.6 Å². The Morgan fingerprint density at radius 2 is 2.25 bits per heavy atom. The predicted molar refractivity (Wildman–Crippen MR) is 79.4 cm³/mol. The predicted octanol–water partition coefficient (Wildman–Crippen LogP) is 1.96. The summed E-state index contributed by atoms with van der Waals surface area (Å²) in [6, 6.07) is 4.88. The molecule has 1 aromatic rings. The lowest BCUT2D eigenvalue weighted by atomic mass is 10.1. The van der Waals surface area contributed by atoms with Gasteiger partial charge in [-0.1, -0.05) is 11.6 Å². The third-order valence-corrected chi connectivity index (χ3v) is 2.89. The fraction of sp³-hybridized carbons (Fsp3) is 0.500. The Hall–Kier alpha value is -1.46. The first-order chi connectivity index (χ1) is 9.56. The van der Waals surface area contributed by atoms with Crippen molar-refractivity contribution in [3.8, 4) is 5.75 Å². The van der Waals surface area contributed by atoms with Gasteiger partial charge in [0.1, 0.15) is 5.75 Å². The van der Waals surface area contributed by atoms with E-state index >= 15 is 0 Å². The van der Waals surface area contributed by atoms with Crippen molar-refractivity contribution in [3.63, 3.8) is 0 Å². The Kier molecular flexibility index (Phi) is 7.18. The molecule has 0 heterocycles. The highest BCUT2D eigenvalue weighted by atomic mass is 35.5. The highest BCUT2D eigenvalue weighted by molar-refractivity contribution is 6.30. The first-order valence-electron chi connectivity index (χ1n) is 6.63. The van der Waals surface area contributed by atoms with Crippen molar-refractivity contribution in [1.82, 2.24) is 10.6 Å². The van der Waals surface area contributed by atoms with E-state index in [-0.39, 0.29) is 18.7 Å². The molecule has 0 unspecified atom stereocenters. The summed E-state index contributed by atoms with van der Waals surface area (Å²) in [6.45, 7) is 4.60. The van der Waals surface area contributed by atoms with Crippen molar-refractivity contribution in [2.75, 3.05) is 19.8 Å². The number of carbonyl (C=O) groups is 1. The van der Waals surface area contributed by atoms with Gasteiger partial charge in [-0.05, 0) is 44.0 Å². The van der Waals surface area contributed by atoms with Gasteiger partial charge < -0.3 is 20.5 Å². The Labute approximate surface area is 124 Å². The van der Waals surface area contributed by atoms with E-state index in [1.807, 2.05) is 19.1 Å². The molecule has 0 saturated heterocycles. The van der Waals surface area contributed by atoms with Crippen molar-refractivity contribution in [2.45, 2.75) is 26.3 Å². The summed E-state index contributed by atoms with van der Waals surface area (Å²) >= 11 is 5.96. The summed E-state index contributed by atoms with van der Waals surface area (Å²) < 4.78 is 5.51. The average molecular weight is 301 g/mol. The van der Waals surface area contributed by atoms with Crippen molar-refractivity contribution >= 4 is 17.6 Å². The third kappa shape index (κ3) is 5.67. The average Bonchev–Trinajstić information content (AvgIpc) is 2.41. The normalized spacial score (nSPS) is 11.8. The zero-order valence-electron chi connectivity index (χ0n) is 11.8. The van der Waals surface area contributed by atoms with Crippen LogP contribution in [0.2, 0.25) is 5.02 Å². The standard InChI is InChI=1S/C14H21ClN2O3/c1-3-20-13-5-4-12(15)8-11(13)6-7-16-14(19)17-10(2)9-18/h4-5,8,10,18H,3,6-7,9H2,1-2H3,(H2,16,17,19)/t10-/m0/s1. The molecule has 3 N–H and O–H groups in total. The highest BCUT2D eigenvalue weighted by Crippen LogP contribution is 2.23. The maximum Gasteiger partial charge on any atom is 0.315 e. The summed E-state index contributed by atoms with van der Waals surface area (Å²) in [5, 5.41) is 14.8. The lowest BCUT2D eigenvalue weighted by Gasteiger charge is -2.13. The number of urea groups is 1. The Bertz CT molecular complexity index is 440. The van der Waals surface area contributed by atoms with Crippen LogP contribution in [0, 0.1) is 0 Å². The van der Waals surface area contributed by atoms with Crippen LogP contribution in [0.3, 0.4) is 0 Å². The van der Waals surface area contributed by atoms with Crippen LogP contribution >= 0.6 is 11.6 Å². The number of hydrogen-bond donors (Lipinski definition) is 3. The molecule has 1 atom stereocenters. The molecular weight excluding hydrogens is 280 g/mol. The van der Waals surface area contributed by atoms with Crippen molar-refractivity contribution in [1.29, 1.82) is 0 Å². The molecule has 20 heavy (non-hydrogen) atoms. The molecule has 2 amide bonds. The number of aliphatic hydroxyl groups excluding tert-OH is 1. The number of nitrogens with one attached hydrogen (secondary N) is 2. The highest BCUT2D eigenvalue weighted by Gasteiger charge is 2.07. The van der Waals surface area contributed by atoms with Gasteiger partial charge in [0.05, 0.1) is 19.3 Å². The lowest BCUT2D eigenvalue weighted by Crippen LogP contribution is -2.42. The van der Waals surface area contributed by atoms with Gasteiger partial charge in [0, 0.05) is 11.6 Å². The molecular formula is C14H21ClN2O3. The Balaban J connectivity index is 2.48. The van der Waals surface area contributed by atoms with Crippen LogP contribution in [-0.4, -0.2) is 36.9 Å². The summed E-state index contributed by atoms with van der Waals surface area (Å²) in [5.41, 5.74) is 0.954. The molecule has 0 aliphatic carbocycles. The van der Waals surface area contributed by atoms with Gasteiger partial charge in [-0.2, -0.15) is 0 Å². The van der Waals surface area contributed by atoms with Crippen LogP contribution in [-0.2, 0) is 6.42 Å². The van der Waals surface area contributed by atoms with E-state index in [9.17, 15) is 4.79 Å². The van der Waals surface area contributed by atoms with Crippen molar-refractivity contribution in [2.24, 2.45) is 0 Å². The number of benzene rings is 1. The van der Waals surface area contributed by atoms with E-state index in [2.05, 4.69) is 10.6 Å². The van der Waals surface area contributed by atoms with Crippen LogP contribution in [0.15, 0.2) is 18.2 Å². The van der Waals surface area contributed by atoms with Gasteiger partial charge in [0.15, 0.2) is 0 Å². The second-order valence-electron chi connectivity index (χ2n) is 4.42. The molecule has 112 valence electrons.